The summed E-state index contributed by atoms with van der Waals surface area (Å²) in [5.41, 5.74) is 1.52. The zero-order valence-corrected chi connectivity index (χ0v) is 17.1. The molecule has 1 heterocycles. The van der Waals surface area contributed by atoms with Gasteiger partial charge >= 0.3 is 5.63 Å². The molecule has 1 amide bonds. The number of benzene rings is 3. The lowest BCUT2D eigenvalue weighted by atomic mass is 10.1. The van der Waals surface area contributed by atoms with Crippen LogP contribution in [0.25, 0.3) is 22.4 Å². The second-order valence-corrected chi connectivity index (χ2v) is 7.14. The maximum absolute atomic E-state index is 12.5. The number of amides is 1. The number of hydrogen-bond donors (Lipinski definition) is 1. The van der Waals surface area contributed by atoms with Gasteiger partial charge < -0.3 is 14.5 Å². The van der Waals surface area contributed by atoms with E-state index in [-0.39, 0.29) is 27.4 Å². The summed E-state index contributed by atoms with van der Waals surface area (Å²) >= 11 is 12.2. The molecule has 0 unspecified atom stereocenters. The molecule has 0 aliphatic rings. The first-order valence-electron chi connectivity index (χ1n) is 8.81. The first kappa shape index (κ1) is 19.9. The van der Waals surface area contributed by atoms with E-state index in [2.05, 4.69) is 10.3 Å². The number of fused-ring (bicyclic) bond motifs is 1. The normalized spacial score (nSPS) is 10.8. The van der Waals surface area contributed by atoms with Crippen molar-refractivity contribution in [1.82, 2.24) is 4.98 Å². The van der Waals surface area contributed by atoms with Crippen molar-refractivity contribution in [3.63, 3.8) is 0 Å². The Hall–Kier alpha value is -3.35. The van der Waals surface area contributed by atoms with Gasteiger partial charge in [0, 0.05) is 16.8 Å². The molecule has 30 heavy (non-hydrogen) atoms. The largest absolute Gasteiger partial charge is 0.494 e. The van der Waals surface area contributed by atoms with Crippen LogP contribution in [0.5, 0.6) is 5.75 Å². The molecule has 0 saturated heterocycles. The Kier molecular flexibility index (Phi) is 5.44. The molecule has 6 nitrogen and oxygen atoms in total. The van der Waals surface area contributed by atoms with Crippen LogP contribution in [-0.4, -0.2) is 18.0 Å². The smallest absolute Gasteiger partial charge is 0.347 e. The van der Waals surface area contributed by atoms with Crippen LogP contribution in [0.15, 0.2) is 69.9 Å². The Balaban J connectivity index is 1.57. The third kappa shape index (κ3) is 3.87. The van der Waals surface area contributed by atoms with Crippen molar-refractivity contribution in [3.05, 3.63) is 86.7 Å². The van der Waals surface area contributed by atoms with Gasteiger partial charge in [-0.05, 0) is 48.5 Å². The number of hydrogen-bond acceptors (Lipinski definition) is 5. The molecule has 4 rings (SSSR count). The van der Waals surface area contributed by atoms with Crippen LogP contribution in [0.2, 0.25) is 10.0 Å². The number of halogens is 2. The average Bonchev–Trinajstić information content (AvgIpc) is 2.74. The van der Waals surface area contributed by atoms with Crippen molar-refractivity contribution in [1.29, 1.82) is 0 Å². The topological polar surface area (TPSA) is 81.4 Å². The van der Waals surface area contributed by atoms with E-state index in [9.17, 15) is 9.59 Å². The van der Waals surface area contributed by atoms with Gasteiger partial charge in [0.15, 0.2) is 5.75 Å². The van der Waals surface area contributed by atoms with Crippen molar-refractivity contribution in [2.45, 2.75) is 0 Å². The fraction of sp³-hybridized carbons (Fsp3) is 0.0455. The van der Waals surface area contributed by atoms with Gasteiger partial charge in [0.25, 0.3) is 5.91 Å². The second-order valence-electron chi connectivity index (χ2n) is 6.33. The number of methoxy groups -OCH3 is 1. The van der Waals surface area contributed by atoms with E-state index in [0.717, 1.165) is 0 Å². The molecule has 8 heteroatoms. The summed E-state index contributed by atoms with van der Waals surface area (Å²) in [4.78, 5) is 29.1. The molecule has 0 atom stereocenters. The minimum absolute atomic E-state index is 0.199. The number of carbonyl (C=O) groups excluding carboxylic acids is 1. The summed E-state index contributed by atoms with van der Waals surface area (Å²) in [6.07, 6.45) is 0. The van der Waals surface area contributed by atoms with Gasteiger partial charge in [-0.3, -0.25) is 4.79 Å². The van der Waals surface area contributed by atoms with E-state index in [1.807, 2.05) is 0 Å². The molecule has 4 aromatic rings. The fourth-order valence-corrected chi connectivity index (χ4v) is 3.57. The van der Waals surface area contributed by atoms with Crippen LogP contribution in [0.4, 0.5) is 5.69 Å². The minimum Gasteiger partial charge on any atom is -0.494 e. The Morgan fingerprint density at radius 3 is 2.37 bits per heavy atom. The number of nitrogens with one attached hydrogen (secondary N) is 1. The summed E-state index contributed by atoms with van der Waals surface area (Å²) in [5, 5.41) is 3.66. The summed E-state index contributed by atoms with van der Waals surface area (Å²) in [7, 11) is 1.45. The third-order valence-corrected chi connectivity index (χ3v) is 4.95. The highest BCUT2D eigenvalue weighted by Gasteiger charge is 2.14. The van der Waals surface area contributed by atoms with Gasteiger partial charge in [0.05, 0.1) is 28.1 Å². The average molecular weight is 441 g/mol. The second kappa shape index (κ2) is 8.18. The summed E-state index contributed by atoms with van der Waals surface area (Å²) < 4.78 is 10.4. The highest BCUT2D eigenvalue weighted by atomic mass is 35.5. The van der Waals surface area contributed by atoms with Gasteiger partial charge in [-0.15, -0.1) is 0 Å². The highest BCUT2D eigenvalue weighted by Crippen LogP contribution is 2.34. The summed E-state index contributed by atoms with van der Waals surface area (Å²) in [6.45, 7) is 0. The zero-order valence-electron chi connectivity index (χ0n) is 15.6. The van der Waals surface area contributed by atoms with Crippen molar-refractivity contribution in [2.75, 3.05) is 12.4 Å². The van der Waals surface area contributed by atoms with E-state index in [4.69, 9.17) is 32.4 Å². The molecule has 0 spiro atoms. The Bertz CT molecular complexity index is 1290. The van der Waals surface area contributed by atoms with Crippen molar-refractivity contribution in [3.8, 4) is 17.2 Å². The molecule has 1 N–H and O–H groups in total. The molecule has 150 valence electrons. The Morgan fingerprint density at radius 1 is 1.03 bits per heavy atom. The maximum atomic E-state index is 12.5. The molecule has 1 aromatic heterocycles. The SMILES string of the molecule is COc1c(Cl)cc(C(=O)Nc2ccc(-c3nc4ccccc4c(=O)o3)cc2)cc1Cl. The number of para-hydroxylation sites is 1. The van der Waals surface area contributed by atoms with E-state index < -0.39 is 5.63 Å². The standard InChI is InChI=1S/C22H14Cl2N2O4/c1-29-19-16(23)10-13(11-17(19)24)20(27)25-14-8-6-12(7-9-14)21-26-18-5-3-2-4-15(18)22(28)30-21/h2-11H,1H3,(H,25,27). The fourth-order valence-electron chi connectivity index (χ4n) is 2.93. The van der Waals surface area contributed by atoms with Gasteiger partial charge in [-0.25, -0.2) is 9.78 Å². The quantitative estimate of drug-likeness (QED) is 0.457. The van der Waals surface area contributed by atoms with Gasteiger partial charge in [-0.2, -0.15) is 0 Å². The van der Waals surface area contributed by atoms with Crippen LogP contribution in [0.1, 0.15) is 10.4 Å². The molecule has 0 bridgehead atoms. The van der Waals surface area contributed by atoms with Gasteiger partial charge in [0.1, 0.15) is 0 Å². The molecular weight excluding hydrogens is 427 g/mol. The van der Waals surface area contributed by atoms with Gasteiger partial charge in [-0.1, -0.05) is 35.3 Å². The van der Waals surface area contributed by atoms with Crippen molar-refractivity contribution in [2.24, 2.45) is 0 Å². The predicted molar refractivity (Wildman–Crippen MR) is 117 cm³/mol. The third-order valence-electron chi connectivity index (χ3n) is 4.39. The first-order valence-corrected chi connectivity index (χ1v) is 9.56. The van der Waals surface area contributed by atoms with E-state index in [0.29, 0.717) is 27.9 Å². The van der Waals surface area contributed by atoms with Crippen LogP contribution < -0.4 is 15.7 Å². The monoisotopic (exact) mass is 440 g/mol. The molecule has 0 radical (unpaired) electrons. The van der Waals surface area contributed by atoms with Gasteiger partial charge in [0.2, 0.25) is 5.89 Å². The first-order chi connectivity index (χ1) is 14.5. The molecule has 0 saturated carbocycles. The van der Waals surface area contributed by atoms with Crippen molar-refractivity contribution >= 4 is 45.7 Å². The maximum Gasteiger partial charge on any atom is 0.347 e. The molecule has 0 aliphatic carbocycles. The molecule has 0 aliphatic heterocycles. The molecule has 3 aromatic carbocycles. The predicted octanol–water partition coefficient (Wildman–Crippen LogP) is 5.42. The summed E-state index contributed by atoms with van der Waals surface area (Å²) in [6, 6.07) is 16.7. The van der Waals surface area contributed by atoms with Crippen LogP contribution in [-0.2, 0) is 0 Å². The minimum atomic E-state index is -0.457. The number of aromatic nitrogens is 1. The van der Waals surface area contributed by atoms with Crippen molar-refractivity contribution < 1.29 is 13.9 Å². The lowest BCUT2D eigenvalue weighted by Gasteiger charge is -2.10. The van der Waals surface area contributed by atoms with E-state index >= 15 is 0 Å². The molecule has 0 fully saturated rings. The van der Waals surface area contributed by atoms with Crippen LogP contribution in [0, 0.1) is 0 Å². The number of carbonyl (C=O) groups is 1. The number of nitrogens with zero attached hydrogens (tertiary/aromatic N) is 1. The number of anilines is 1. The lowest BCUT2D eigenvalue weighted by Crippen LogP contribution is -2.12. The van der Waals surface area contributed by atoms with E-state index in [1.54, 1.807) is 48.5 Å². The summed E-state index contributed by atoms with van der Waals surface area (Å²) in [5.74, 6) is 0.124. The van der Waals surface area contributed by atoms with Crippen LogP contribution in [0.3, 0.4) is 0 Å². The van der Waals surface area contributed by atoms with Crippen LogP contribution >= 0.6 is 23.2 Å². The zero-order chi connectivity index (χ0) is 21.3. The Morgan fingerprint density at radius 2 is 1.70 bits per heavy atom. The number of ether oxygens (including phenoxy) is 1. The number of rotatable bonds is 4. The highest BCUT2D eigenvalue weighted by molar-refractivity contribution is 6.37. The lowest BCUT2D eigenvalue weighted by molar-refractivity contribution is 0.102. The molecular formula is C22H14Cl2N2O4. The Labute approximate surface area is 181 Å². The van der Waals surface area contributed by atoms with E-state index in [1.165, 1.54) is 19.2 Å².